The van der Waals surface area contributed by atoms with Crippen molar-refractivity contribution in [3.63, 3.8) is 0 Å². The zero-order chi connectivity index (χ0) is 18.0. The van der Waals surface area contributed by atoms with Crippen LogP contribution in [-0.2, 0) is 12.4 Å². The first-order valence-electron chi connectivity index (χ1n) is 7.48. The molecule has 1 atom stereocenters. The normalized spacial score (nSPS) is 17.7. The van der Waals surface area contributed by atoms with Gasteiger partial charge in [-0.05, 0) is 30.2 Å². The third-order valence-electron chi connectivity index (χ3n) is 4.03. The summed E-state index contributed by atoms with van der Waals surface area (Å²) in [6, 6.07) is 0.841. The van der Waals surface area contributed by atoms with Gasteiger partial charge in [-0.25, -0.2) is 0 Å². The second kappa shape index (κ2) is 8.42. The maximum atomic E-state index is 13.3. The Morgan fingerprint density at radius 2 is 1.68 bits per heavy atom. The zero-order valence-corrected chi connectivity index (χ0v) is 14.1. The highest BCUT2D eigenvalue weighted by Gasteiger charge is 2.39. The fraction of sp³-hybridized carbons (Fsp3) is 0.500. The van der Waals surface area contributed by atoms with E-state index >= 15 is 0 Å². The molecule has 0 aliphatic carbocycles. The van der Waals surface area contributed by atoms with Crippen molar-refractivity contribution < 1.29 is 26.3 Å². The molecule has 1 aromatic carbocycles. The zero-order valence-electron chi connectivity index (χ0n) is 13.3. The maximum Gasteiger partial charge on any atom is 0.416 e. The molecule has 1 aliphatic rings. The van der Waals surface area contributed by atoms with E-state index in [1.54, 1.807) is 4.90 Å². The van der Waals surface area contributed by atoms with E-state index in [1.165, 1.54) is 6.08 Å². The van der Waals surface area contributed by atoms with Crippen LogP contribution >= 0.6 is 12.4 Å². The van der Waals surface area contributed by atoms with E-state index in [1.807, 2.05) is 0 Å². The van der Waals surface area contributed by atoms with Crippen molar-refractivity contribution in [2.24, 2.45) is 0 Å². The highest BCUT2D eigenvalue weighted by molar-refractivity contribution is 5.85. The quantitative estimate of drug-likeness (QED) is 0.595. The van der Waals surface area contributed by atoms with Crippen LogP contribution in [0.25, 0.3) is 0 Å². The van der Waals surface area contributed by atoms with Crippen molar-refractivity contribution in [3.8, 4) is 0 Å². The fourth-order valence-corrected chi connectivity index (χ4v) is 2.90. The number of halogens is 7. The highest BCUT2D eigenvalue weighted by Crippen LogP contribution is 2.41. The number of piperazine rings is 1. The largest absolute Gasteiger partial charge is 0.416 e. The topological polar surface area (TPSA) is 15.3 Å². The molecule has 1 aliphatic heterocycles. The number of rotatable bonds is 4. The average Bonchev–Trinajstić information content (AvgIpc) is 2.51. The van der Waals surface area contributed by atoms with Crippen LogP contribution in [0.15, 0.2) is 30.9 Å². The van der Waals surface area contributed by atoms with Crippen molar-refractivity contribution >= 4 is 12.4 Å². The van der Waals surface area contributed by atoms with E-state index in [0.717, 1.165) is 0 Å². The van der Waals surface area contributed by atoms with E-state index < -0.39 is 29.5 Å². The number of nitrogens with one attached hydrogen (secondary N) is 1. The molecule has 1 N–H and O–H groups in total. The van der Waals surface area contributed by atoms with Crippen molar-refractivity contribution in [3.05, 3.63) is 47.5 Å². The summed E-state index contributed by atoms with van der Waals surface area (Å²) in [4.78, 5) is 1.77. The first kappa shape index (κ1) is 21.8. The van der Waals surface area contributed by atoms with Crippen LogP contribution in [0.5, 0.6) is 0 Å². The lowest BCUT2D eigenvalue weighted by Gasteiger charge is -2.36. The second-order valence-corrected chi connectivity index (χ2v) is 5.62. The maximum absolute atomic E-state index is 13.3. The summed E-state index contributed by atoms with van der Waals surface area (Å²) in [5.41, 5.74) is -2.45. The van der Waals surface area contributed by atoms with Gasteiger partial charge in [0.05, 0.1) is 11.1 Å². The van der Waals surface area contributed by atoms with Crippen molar-refractivity contribution in [2.45, 2.75) is 24.8 Å². The smallest absolute Gasteiger partial charge is 0.314 e. The summed E-state index contributed by atoms with van der Waals surface area (Å²) in [5, 5.41) is 3.07. The van der Waals surface area contributed by atoms with E-state index in [2.05, 4.69) is 11.9 Å². The Hall–Kier alpha value is -1.25. The van der Waals surface area contributed by atoms with Crippen LogP contribution < -0.4 is 5.32 Å². The Kier molecular flexibility index (Phi) is 7.34. The van der Waals surface area contributed by atoms with Crippen molar-refractivity contribution in [1.82, 2.24) is 10.2 Å². The molecule has 25 heavy (non-hydrogen) atoms. The molecule has 1 saturated heterocycles. The summed E-state index contributed by atoms with van der Waals surface area (Å²) in [6.45, 7) is 5.62. The molecule has 0 saturated carbocycles. The predicted octanol–water partition coefficient (Wildman–Crippen LogP) is 4.67. The van der Waals surface area contributed by atoms with Gasteiger partial charge in [0, 0.05) is 32.2 Å². The molecule has 9 heteroatoms. The summed E-state index contributed by atoms with van der Waals surface area (Å²) in [6.07, 6.45) is -7.83. The SMILES string of the molecule is C=CC[C@@H](c1cc(C(F)(F)F)ccc1C(F)(F)F)N1CCNCC1.Cl. The van der Waals surface area contributed by atoms with E-state index in [0.29, 0.717) is 44.4 Å². The summed E-state index contributed by atoms with van der Waals surface area (Å²) >= 11 is 0. The van der Waals surface area contributed by atoms with E-state index in [-0.39, 0.29) is 24.4 Å². The Bertz CT molecular complexity index is 579. The molecule has 0 radical (unpaired) electrons. The van der Waals surface area contributed by atoms with Crippen LogP contribution in [0.1, 0.15) is 29.2 Å². The number of hydrogen-bond donors (Lipinski definition) is 1. The third-order valence-corrected chi connectivity index (χ3v) is 4.03. The molecule has 0 unspecified atom stereocenters. The molecule has 1 fully saturated rings. The standard InChI is InChI=1S/C16H18F6N2.ClH/c1-2-3-14(24-8-6-23-7-9-24)12-10-11(15(17,18)19)4-5-13(12)16(20,21)22;/h2,4-5,10,14,23H,1,3,6-9H2;1H/t14-;/m0./s1. The number of nitrogens with zero attached hydrogens (tertiary/aromatic N) is 1. The molecule has 142 valence electrons. The molecule has 0 amide bonds. The van der Waals surface area contributed by atoms with Gasteiger partial charge < -0.3 is 5.32 Å². The molecular weight excluding hydrogens is 370 g/mol. The third kappa shape index (κ3) is 5.36. The highest BCUT2D eigenvalue weighted by atomic mass is 35.5. The molecule has 0 bridgehead atoms. The summed E-state index contributed by atoms with van der Waals surface area (Å²) < 4.78 is 78.8. The number of alkyl halides is 6. The van der Waals surface area contributed by atoms with Crippen LogP contribution in [0, 0.1) is 0 Å². The Morgan fingerprint density at radius 3 is 2.16 bits per heavy atom. The molecular formula is C16H19ClF6N2. The molecule has 0 aromatic heterocycles. The average molecular weight is 389 g/mol. The minimum atomic E-state index is -4.72. The predicted molar refractivity (Wildman–Crippen MR) is 85.7 cm³/mol. The molecule has 2 rings (SSSR count). The van der Waals surface area contributed by atoms with Gasteiger partial charge in [0.1, 0.15) is 0 Å². The van der Waals surface area contributed by atoms with Gasteiger partial charge in [0.25, 0.3) is 0 Å². The first-order valence-corrected chi connectivity index (χ1v) is 7.48. The van der Waals surface area contributed by atoms with E-state index in [9.17, 15) is 26.3 Å². The van der Waals surface area contributed by atoms with Crippen molar-refractivity contribution in [1.29, 1.82) is 0 Å². The van der Waals surface area contributed by atoms with E-state index in [4.69, 9.17) is 0 Å². The minimum Gasteiger partial charge on any atom is -0.314 e. The first-order chi connectivity index (χ1) is 11.1. The van der Waals surface area contributed by atoms with Gasteiger partial charge in [-0.2, -0.15) is 26.3 Å². The fourth-order valence-electron chi connectivity index (χ4n) is 2.90. The summed E-state index contributed by atoms with van der Waals surface area (Å²) in [7, 11) is 0. The van der Waals surface area contributed by atoms with Gasteiger partial charge in [0.2, 0.25) is 0 Å². The molecule has 0 spiro atoms. The van der Waals surface area contributed by atoms with Gasteiger partial charge in [-0.3, -0.25) is 4.90 Å². The Labute approximate surface area is 148 Å². The van der Waals surface area contributed by atoms with Crippen LogP contribution in [0.2, 0.25) is 0 Å². The summed E-state index contributed by atoms with van der Waals surface area (Å²) in [5.74, 6) is 0. The van der Waals surface area contributed by atoms with Gasteiger partial charge >= 0.3 is 12.4 Å². The molecule has 1 aromatic rings. The van der Waals surface area contributed by atoms with Crippen LogP contribution in [0.3, 0.4) is 0 Å². The van der Waals surface area contributed by atoms with Crippen molar-refractivity contribution in [2.75, 3.05) is 26.2 Å². The Morgan fingerprint density at radius 1 is 1.08 bits per heavy atom. The minimum absolute atomic E-state index is 0. The number of hydrogen-bond acceptors (Lipinski definition) is 2. The van der Waals surface area contributed by atoms with Gasteiger partial charge in [-0.1, -0.05) is 6.08 Å². The lowest BCUT2D eigenvalue weighted by molar-refractivity contribution is -0.142. The van der Waals surface area contributed by atoms with Crippen LogP contribution in [-0.4, -0.2) is 31.1 Å². The lowest BCUT2D eigenvalue weighted by atomic mass is 9.93. The lowest BCUT2D eigenvalue weighted by Crippen LogP contribution is -2.45. The second-order valence-electron chi connectivity index (χ2n) is 5.62. The Balaban J connectivity index is 0.00000312. The van der Waals surface area contributed by atoms with Gasteiger partial charge in [-0.15, -0.1) is 19.0 Å². The molecule has 1 heterocycles. The van der Waals surface area contributed by atoms with Crippen LogP contribution in [0.4, 0.5) is 26.3 Å². The molecule has 2 nitrogen and oxygen atoms in total. The number of benzene rings is 1. The monoisotopic (exact) mass is 388 g/mol. The van der Waals surface area contributed by atoms with Gasteiger partial charge in [0.15, 0.2) is 0 Å².